The largest absolute Gasteiger partial charge is 0.454 e. The lowest BCUT2D eigenvalue weighted by molar-refractivity contribution is -0.119. The maximum absolute atomic E-state index is 12.5. The molecule has 2 aliphatic rings. The highest BCUT2D eigenvalue weighted by Gasteiger charge is 2.36. The van der Waals surface area contributed by atoms with E-state index in [0.29, 0.717) is 25.5 Å². The number of rotatable bonds is 6. The Hall–Kier alpha value is -2.18. The average Bonchev–Trinajstić information content (AvgIpc) is 3.20. The van der Waals surface area contributed by atoms with Crippen molar-refractivity contribution in [3.8, 4) is 11.5 Å². The zero-order valence-corrected chi connectivity index (χ0v) is 16.8. The minimum absolute atomic E-state index is 0.0529. The van der Waals surface area contributed by atoms with Crippen molar-refractivity contribution in [1.29, 1.82) is 0 Å². The van der Waals surface area contributed by atoms with Crippen molar-refractivity contribution < 1.29 is 19.0 Å². The quantitative estimate of drug-likeness (QED) is 0.751. The fraction of sp³-hybridized carbons (Fsp3) is 0.409. The van der Waals surface area contributed by atoms with Gasteiger partial charge in [-0.05, 0) is 49.6 Å². The molecule has 0 unspecified atom stereocenters. The van der Waals surface area contributed by atoms with E-state index in [4.69, 9.17) is 14.2 Å². The van der Waals surface area contributed by atoms with Crippen LogP contribution in [0.2, 0.25) is 0 Å². The van der Waals surface area contributed by atoms with E-state index in [1.807, 2.05) is 6.07 Å². The molecule has 0 spiro atoms. The van der Waals surface area contributed by atoms with Gasteiger partial charge in [-0.3, -0.25) is 4.79 Å². The lowest BCUT2D eigenvalue weighted by atomic mass is 9.74. The van der Waals surface area contributed by atoms with Gasteiger partial charge in [0, 0.05) is 30.1 Å². The number of ether oxygens (including phenoxy) is 3. The van der Waals surface area contributed by atoms with E-state index in [2.05, 4.69) is 48.6 Å². The third-order valence-corrected chi connectivity index (χ3v) is 6.46. The maximum Gasteiger partial charge on any atom is 0.231 e. The Labute approximate surface area is 169 Å². The first-order valence-electron chi connectivity index (χ1n) is 9.59. The average molecular weight is 400 g/mol. The number of nitrogens with one attached hydrogen (secondary N) is 1. The molecular formula is C22H25NO4S. The predicted octanol–water partition coefficient (Wildman–Crippen LogP) is 3.68. The number of aryl methyl sites for hydroxylation is 1. The third-order valence-electron chi connectivity index (χ3n) is 5.45. The molecule has 6 heteroatoms. The topological polar surface area (TPSA) is 56.8 Å². The summed E-state index contributed by atoms with van der Waals surface area (Å²) < 4.78 is 16.6. The minimum atomic E-state index is -0.136. The Bertz CT molecular complexity index is 831. The standard InChI is InChI=1S/C22H25NO4S/c1-16-2-5-18(6-3-16)28-13-21(24)23-14-22(8-10-25-11-9-22)17-4-7-19-20(12-17)27-15-26-19/h2-7,12H,8-11,13-15H2,1H3,(H,23,24). The van der Waals surface area contributed by atoms with Crippen LogP contribution in [0.4, 0.5) is 0 Å². The summed E-state index contributed by atoms with van der Waals surface area (Å²) in [7, 11) is 0. The number of thioether (sulfide) groups is 1. The van der Waals surface area contributed by atoms with Gasteiger partial charge >= 0.3 is 0 Å². The summed E-state index contributed by atoms with van der Waals surface area (Å²) in [5, 5.41) is 3.15. The number of benzene rings is 2. The summed E-state index contributed by atoms with van der Waals surface area (Å²) in [6, 6.07) is 14.4. The van der Waals surface area contributed by atoms with Gasteiger partial charge in [-0.15, -0.1) is 11.8 Å². The zero-order chi connectivity index (χ0) is 19.4. The lowest BCUT2D eigenvalue weighted by Crippen LogP contribution is -2.45. The molecule has 0 radical (unpaired) electrons. The van der Waals surface area contributed by atoms with Crippen LogP contribution in [0, 0.1) is 6.92 Å². The molecule has 1 N–H and O–H groups in total. The van der Waals surface area contributed by atoms with E-state index in [0.717, 1.165) is 29.2 Å². The van der Waals surface area contributed by atoms with Crippen LogP contribution in [0.15, 0.2) is 47.4 Å². The highest BCUT2D eigenvalue weighted by Crippen LogP contribution is 2.40. The maximum atomic E-state index is 12.5. The molecule has 2 aromatic rings. The molecule has 1 fully saturated rings. The second kappa shape index (κ2) is 8.45. The molecule has 2 heterocycles. The van der Waals surface area contributed by atoms with Crippen molar-refractivity contribution in [1.82, 2.24) is 5.32 Å². The smallest absolute Gasteiger partial charge is 0.231 e. The summed E-state index contributed by atoms with van der Waals surface area (Å²) in [5.41, 5.74) is 2.26. The van der Waals surface area contributed by atoms with Gasteiger partial charge in [-0.1, -0.05) is 23.8 Å². The van der Waals surface area contributed by atoms with Gasteiger partial charge in [0.15, 0.2) is 11.5 Å². The van der Waals surface area contributed by atoms with Gasteiger partial charge in [-0.25, -0.2) is 0 Å². The molecule has 0 atom stereocenters. The van der Waals surface area contributed by atoms with Crippen molar-refractivity contribution >= 4 is 17.7 Å². The van der Waals surface area contributed by atoms with Crippen LogP contribution in [0.25, 0.3) is 0 Å². The molecule has 0 aliphatic carbocycles. The van der Waals surface area contributed by atoms with E-state index in [-0.39, 0.29) is 18.1 Å². The van der Waals surface area contributed by atoms with Crippen molar-refractivity contribution in [2.45, 2.75) is 30.1 Å². The number of amides is 1. The SMILES string of the molecule is Cc1ccc(SCC(=O)NCC2(c3ccc4c(c3)OCO4)CCOCC2)cc1. The highest BCUT2D eigenvalue weighted by atomic mass is 32.2. The molecule has 2 aromatic carbocycles. The molecule has 1 saturated heterocycles. The number of carbonyl (C=O) groups is 1. The minimum Gasteiger partial charge on any atom is -0.454 e. The molecule has 148 valence electrons. The number of hydrogen-bond acceptors (Lipinski definition) is 5. The third kappa shape index (κ3) is 4.28. The van der Waals surface area contributed by atoms with Crippen LogP contribution in [-0.2, 0) is 14.9 Å². The fourth-order valence-corrected chi connectivity index (χ4v) is 4.39. The summed E-state index contributed by atoms with van der Waals surface area (Å²) in [6.07, 6.45) is 1.75. The molecule has 1 amide bonds. The number of hydrogen-bond donors (Lipinski definition) is 1. The summed E-state index contributed by atoms with van der Waals surface area (Å²) in [5.74, 6) is 2.03. The zero-order valence-electron chi connectivity index (χ0n) is 16.0. The molecular weight excluding hydrogens is 374 g/mol. The van der Waals surface area contributed by atoms with Crippen molar-refractivity contribution in [3.05, 3.63) is 53.6 Å². The lowest BCUT2D eigenvalue weighted by Gasteiger charge is -2.38. The van der Waals surface area contributed by atoms with Gasteiger partial charge in [0.1, 0.15) is 0 Å². The van der Waals surface area contributed by atoms with Gasteiger partial charge in [-0.2, -0.15) is 0 Å². The van der Waals surface area contributed by atoms with Gasteiger partial charge in [0.2, 0.25) is 12.7 Å². The first-order valence-corrected chi connectivity index (χ1v) is 10.6. The van der Waals surface area contributed by atoms with Gasteiger partial charge in [0.05, 0.1) is 5.75 Å². The predicted molar refractivity (Wildman–Crippen MR) is 109 cm³/mol. The normalized spacial score (nSPS) is 17.3. The van der Waals surface area contributed by atoms with E-state index in [9.17, 15) is 4.79 Å². The number of carbonyl (C=O) groups excluding carboxylic acids is 1. The van der Waals surface area contributed by atoms with Crippen molar-refractivity contribution in [2.24, 2.45) is 0 Å². The molecule has 4 rings (SSSR count). The molecule has 0 saturated carbocycles. The Morgan fingerprint density at radius 3 is 2.61 bits per heavy atom. The first kappa shape index (κ1) is 19.2. The Morgan fingerprint density at radius 2 is 1.82 bits per heavy atom. The second-order valence-corrected chi connectivity index (χ2v) is 8.39. The summed E-state index contributed by atoms with van der Waals surface area (Å²) >= 11 is 1.56. The molecule has 0 aromatic heterocycles. The Balaban J connectivity index is 1.40. The van der Waals surface area contributed by atoms with Crippen LogP contribution < -0.4 is 14.8 Å². The van der Waals surface area contributed by atoms with Crippen LogP contribution in [0.3, 0.4) is 0 Å². The van der Waals surface area contributed by atoms with E-state index in [1.54, 1.807) is 11.8 Å². The molecule has 0 bridgehead atoms. The Kier molecular flexibility index (Phi) is 5.78. The summed E-state index contributed by atoms with van der Waals surface area (Å²) in [4.78, 5) is 13.6. The van der Waals surface area contributed by atoms with E-state index in [1.165, 1.54) is 11.1 Å². The first-order chi connectivity index (χ1) is 13.6. The Morgan fingerprint density at radius 1 is 1.07 bits per heavy atom. The molecule has 28 heavy (non-hydrogen) atoms. The monoisotopic (exact) mass is 399 g/mol. The van der Waals surface area contributed by atoms with E-state index >= 15 is 0 Å². The molecule has 5 nitrogen and oxygen atoms in total. The fourth-order valence-electron chi connectivity index (χ4n) is 3.66. The van der Waals surface area contributed by atoms with Crippen LogP contribution >= 0.6 is 11.8 Å². The number of fused-ring (bicyclic) bond motifs is 1. The van der Waals surface area contributed by atoms with Gasteiger partial charge in [0.25, 0.3) is 0 Å². The van der Waals surface area contributed by atoms with Crippen LogP contribution in [-0.4, -0.2) is 38.2 Å². The van der Waals surface area contributed by atoms with E-state index < -0.39 is 0 Å². The van der Waals surface area contributed by atoms with Crippen molar-refractivity contribution in [3.63, 3.8) is 0 Å². The second-order valence-electron chi connectivity index (χ2n) is 7.34. The van der Waals surface area contributed by atoms with Gasteiger partial charge < -0.3 is 19.5 Å². The van der Waals surface area contributed by atoms with Crippen LogP contribution in [0.1, 0.15) is 24.0 Å². The highest BCUT2D eigenvalue weighted by molar-refractivity contribution is 8.00. The van der Waals surface area contributed by atoms with Crippen LogP contribution in [0.5, 0.6) is 11.5 Å². The van der Waals surface area contributed by atoms with Crippen molar-refractivity contribution in [2.75, 3.05) is 32.3 Å². The summed E-state index contributed by atoms with van der Waals surface area (Å²) in [6.45, 7) is 4.32. The molecule has 2 aliphatic heterocycles.